The van der Waals surface area contributed by atoms with Crippen molar-refractivity contribution in [3.8, 4) is 28.7 Å². The Kier molecular flexibility index (Phi) is 5.99. The second kappa shape index (κ2) is 9.18. The maximum absolute atomic E-state index is 12.6. The average Bonchev–Trinajstić information content (AvgIpc) is 2.81. The van der Waals surface area contributed by atoms with E-state index < -0.39 is 0 Å². The summed E-state index contributed by atoms with van der Waals surface area (Å²) in [6.45, 7) is 2.00. The normalized spacial score (nSPS) is 10.4. The van der Waals surface area contributed by atoms with E-state index in [1.807, 2.05) is 79.7 Å². The molecule has 154 valence electrons. The van der Waals surface area contributed by atoms with E-state index in [0.717, 1.165) is 17.1 Å². The highest BCUT2D eigenvalue weighted by Gasteiger charge is 2.09. The summed E-state index contributed by atoms with van der Waals surface area (Å²) < 4.78 is 16.9. The van der Waals surface area contributed by atoms with Gasteiger partial charge in [0.2, 0.25) is 0 Å². The summed E-state index contributed by atoms with van der Waals surface area (Å²) in [5.74, 6) is 3.54. The highest BCUT2D eigenvalue weighted by molar-refractivity contribution is 6.09. The lowest BCUT2D eigenvalue weighted by atomic mass is 10.0. The Morgan fingerprint density at radius 2 is 0.839 bits per heavy atom. The van der Waals surface area contributed by atoms with Crippen LogP contribution in [0, 0.1) is 6.92 Å². The molecule has 0 heterocycles. The largest absolute Gasteiger partial charge is 0.497 e. The van der Waals surface area contributed by atoms with Gasteiger partial charge in [-0.3, -0.25) is 4.79 Å². The first-order valence-corrected chi connectivity index (χ1v) is 9.92. The minimum absolute atomic E-state index is 0.00779. The molecule has 0 amide bonds. The fourth-order valence-electron chi connectivity index (χ4n) is 3.04. The van der Waals surface area contributed by atoms with Crippen LogP contribution in [0.3, 0.4) is 0 Å². The molecule has 0 radical (unpaired) electrons. The fraction of sp³-hybridized carbons (Fsp3) is 0.0741. The van der Waals surface area contributed by atoms with Gasteiger partial charge in [-0.2, -0.15) is 0 Å². The Hall–Kier alpha value is -4.05. The van der Waals surface area contributed by atoms with Crippen molar-refractivity contribution in [1.29, 1.82) is 0 Å². The summed E-state index contributed by atoms with van der Waals surface area (Å²) in [6.07, 6.45) is 0. The van der Waals surface area contributed by atoms with E-state index in [4.69, 9.17) is 14.2 Å². The van der Waals surface area contributed by atoms with Crippen LogP contribution in [0.2, 0.25) is 0 Å². The molecule has 31 heavy (non-hydrogen) atoms. The highest BCUT2D eigenvalue weighted by atomic mass is 16.5. The molecule has 0 fully saturated rings. The number of hydrogen-bond acceptors (Lipinski definition) is 4. The molecule has 0 aromatic heterocycles. The average molecular weight is 410 g/mol. The molecule has 4 rings (SSSR count). The summed E-state index contributed by atoms with van der Waals surface area (Å²) >= 11 is 0. The van der Waals surface area contributed by atoms with Gasteiger partial charge >= 0.3 is 0 Å². The van der Waals surface area contributed by atoms with Crippen LogP contribution in [0.1, 0.15) is 21.5 Å². The van der Waals surface area contributed by atoms with E-state index in [9.17, 15) is 4.79 Å². The van der Waals surface area contributed by atoms with Crippen molar-refractivity contribution >= 4 is 5.78 Å². The lowest BCUT2D eigenvalue weighted by Gasteiger charge is -2.09. The topological polar surface area (TPSA) is 44.8 Å². The Morgan fingerprint density at radius 3 is 1.23 bits per heavy atom. The maximum Gasteiger partial charge on any atom is 0.193 e. The third-order valence-electron chi connectivity index (χ3n) is 4.78. The van der Waals surface area contributed by atoms with E-state index in [-0.39, 0.29) is 5.78 Å². The van der Waals surface area contributed by atoms with E-state index in [2.05, 4.69) is 0 Å². The third-order valence-corrected chi connectivity index (χ3v) is 4.78. The van der Waals surface area contributed by atoms with Gasteiger partial charge in [-0.15, -0.1) is 0 Å². The maximum atomic E-state index is 12.6. The predicted molar refractivity (Wildman–Crippen MR) is 121 cm³/mol. The number of carbonyl (C=O) groups excluding carboxylic acids is 1. The second-order valence-electron chi connectivity index (χ2n) is 7.07. The molecule has 4 nitrogen and oxygen atoms in total. The summed E-state index contributed by atoms with van der Waals surface area (Å²) in [5, 5.41) is 0. The Morgan fingerprint density at radius 1 is 0.516 bits per heavy atom. The minimum atomic E-state index is -0.00779. The van der Waals surface area contributed by atoms with Gasteiger partial charge in [0.1, 0.15) is 28.7 Å². The predicted octanol–water partition coefficient (Wildman–Crippen LogP) is 6.82. The number of ketones is 1. The summed E-state index contributed by atoms with van der Waals surface area (Å²) in [7, 11) is 1.63. The van der Waals surface area contributed by atoms with Crippen LogP contribution in [-0.2, 0) is 0 Å². The zero-order valence-electron chi connectivity index (χ0n) is 17.4. The van der Waals surface area contributed by atoms with Gasteiger partial charge in [-0.05, 0) is 79.7 Å². The molecule has 0 N–H and O–H groups in total. The first-order valence-electron chi connectivity index (χ1n) is 9.92. The molecule has 0 saturated heterocycles. The zero-order valence-corrected chi connectivity index (χ0v) is 17.4. The third kappa shape index (κ3) is 5.11. The van der Waals surface area contributed by atoms with Crippen molar-refractivity contribution < 1.29 is 19.0 Å². The fourth-order valence-corrected chi connectivity index (χ4v) is 3.04. The van der Waals surface area contributed by atoms with Crippen LogP contribution in [0.25, 0.3) is 0 Å². The van der Waals surface area contributed by atoms with Crippen molar-refractivity contribution in [2.24, 2.45) is 0 Å². The van der Waals surface area contributed by atoms with Gasteiger partial charge in [-0.1, -0.05) is 29.8 Å². The van der Waals surface area contributed by atoms with E-state index in [0.29, 0.717) is 28.4 Å². The SMILES string of the molecule is COc1ccc(Oc2ccc(Oc3ccc(C(=O)c4ccc(C)cc4)cc3)cc2)cc1. The van der Waals surface area contributed by atoms with Crippen molar-refractivity contribution in [3.05, 3.63) is 114 Å². The van der Waals surface area contributed by atoms with Crippen LogP contribution in [0.15, 0.2) is 97.1 Å². The molecule has 0 atom stereocenters. The quantitative estimate of drug-likeness (QED) is 0.314. The number of aryl methyl sites for hydroxylation is 1. The Labute approximate surface area is 181 Å². The summed E-state index contributed by atoms with van der Waals surface area (Å²) in [4.78, 5) is 12.6. The second-order valence-corrected chi connectivity index (χ2v) is 7.07. The lowest BCUT2D eigenvalue weighted by Crippen LogP contribution is -2.00. The molecule has 0 spiro atoms. The first kappa shape index (κ1) is 20.2. The highest BCUT2D eigenvalue weighted by Crippen LogP contribution is 2.28. The smallest absolute Gasteiger partial charge is 0.193 e. The number of benzene rings is 4. The lowest BCUT2D eigenvalue weighted by molar-refractivity contribution is 0.103. The Balaban J connectivity index is 1.38. The van der Waals surface area contributed by atoms with Crippen molar-refractivity contribution in [2.45, 2.75) is 6.92 Å². The minimum Gasteiger partial charge on any atom is -0.497 e. The van der Waals surface area contributed by atoms with Crippen molar-refractivity contribution in [2.75, 3.05) is 7.11 Å². The van der Waals surface area contributed by atoms with E-state index >= 15 is 0 Å². The van der Waals surface area contributed by atoms with Crippen LogP contribution in [0.4, 0.5) is 0 Å². The first-order chi connectivity index (χ1) is 15.1. The summed E-state index contributed by atoms with van der Waals surface area (Å²) in [5.41, 5.74) is 2.42. The summed E-state index contributed by atoms with van der Waals surface area (Å²) in [6, 6.07) is 29.5. The molecule has 0 aliphatic carbocycles. The zero-order chi connectivity index (χ0) is 21.6. The van der Waals surface area contributed by atoms with E-state index in [1.165, 1.54) is 0 Å². The molecule has 0 aliphatic rings. The number of carbonyl (C=O) groups is 1. The van der Waals surface area contributed by atoms with Crippen LogP contribution >= 0.6 is 0 Å². The van der Waals surface area contributed by atoms with Crippen LogP contribution < -0.4 is 14.2 Å². The van der Waals surface area contributed by atoms with Crippen molar-refractivity contribution in [1.82, 2.24) is 0 Å². The molecule has 4 aromatic carbocycles. The van der Waals surface area contributed by atoms with Gasteiger partial charge in [-0.25, -0.2) is 0 Å². The van der Waals surface area contributed by atoms with Crippen LogP contribution in [0.5, 0.6) is 28.7 Å². The molecule has 0 unspecified atom stereocenters. The monoisotopic (exact) mass is 410 g/mol. The number of methoxy groups -OCH3 is 1. The number of hydrogen-bond donors (Lipinski definition) is 0. The number of ether oxygens (including phenoxy) is 3. The molecule has 4 heteroatoms. The number of rotatable bonds is 7. The molecular formula is C27H22O4. The van der Waals surface area contributed by atoms with Gasteiger partial charge < -0.3 is 14.2 Å². The molecule has 4 aromatic rings. The van der Waals surface area contributed by atoms with Gasteiger partial charge in [0.05, 0.1) is 7.11 Å². The van der Waals surface area contributed by atoms with Gasteiger partial charge in [0.15, 0.2) is 5.78 Å². The molecule has 0 aliphatic heterocycles. The molecule has 0 saturated carbocycles. The molecule has 0 bridgehead atoms. The molecular weight excluding hydrogens is 388 g/mol. The standard InChI is InChI=1S/C27H22O4/c1-19-3-5-20(6-4-19)27(28)21-7-9-23(10-8-21)30-25-15-17-26(18-16-25)31-24-13-11-22(29-2)12-14-24/h3-18H,1-2H3. The van der Waals surface area contributed by atoms with Crippen molar-refractivity contribution in [3.63, 3.8) is 0 Å². The Bertz CT molecular complexity index is 1140. The van der Waals surface area contributed by atoms with Crippen LogP contribution in [-0.4, -0.2) is 12.9 Å². The van der Waals surface area contributed by atoms with E-state index in [1.54, 1.807) is 31.4 Å². The van der Waals surface area contributed by atoms with Gasteiger partial charge in [0, 0.05) is 11.1 Å². The van der Waals surface area contributed by atoms with Gasteiger partial charge in [0.25, 0.3) is 0 Å².